The fourth-order valence-corrected chi connectivity index (χ4v) is 5.63. The normalized spacial score (nSPS) is 21.4. The van der Waals surface area contributed by atoms with Crippen molar-refractivity contribution in [1.29, 1.82) is 0 Å². The third-order valence-corrected chi connectivity index (χ3v) is 7.54. The number of carboxylic acid groups (broad SMARTS) is 1. The standard InChI is InChI=1S/C27H29F3N2O5/c1-16(33)32-10-8-31(9-11-32)14-22-20-5-7-24(21(20)4-6-23(22)27(28,29)30)37-18-2-3-19-17(12-26(34)35)15-36-25(19)13-18/h2-4,6,13,17,24H,5,7-12,14-15H2,1H3,(H,34,35)/t17?,24-/m1/s1. The maximum absolute atomic E-state index is 14.0. The van der Waals surface area contributed by atoms with Crippen LogP contribution in [-0.2, 0) is 28.7 Å². The molecule has 1 aliphatic carbocycles. The average Bonchev–Trinajstić information content (AvgIpc) is 3.42. The van der Waals surface area contributed by atoms with Crippen LogP contribution in [0.1, 0.15) is 59.6 Å². The van der Waals surface area contributed by atoms with E-state index in [-0.39, 0.29) is 30.9 Å². The van der Waals surface area contributed by atoms with E-state index in [9.17, 15) is 22.8 Å². The Bertz CT molecular complexity index is 1210. The number of aliphatic carboxylic acids is 1. The molecule has 2 aliphatic heterocycles. The Hall–Kier alpha value is -3.27. The van der Waals surface area contributed by atoms with Gasteiger partial charge in [0.25, 0.3) is 0 Å². The van der Waals surface area contributed by atoms with E-state index in [0.29, 0.717) is 68.3 Å². The molecule has 2 aromatic carbocycles. The van der Waals surface area contributed by atoms with Crippen molar-refractivity contribution in [2.24, 2.45) is 0 Å². The minimum Gasteiger partial charge on any atom is -0.492 e. The van der Waals surface area contributed by atoms with Gasteiger partial charge in [-0.15, -0.1) is 0 Å². The highest BCUT2D eigenvalue weighted by molar-refractivity contribution is 5.73. The van der Waals surface area contributed by atoms with Crippen molar-refractivity contribution in [1.82, 2.24) is 9.80 Å². The number of benzene rings is 2. The maximum atomic E-state index is 14.0. The van der Waals surface area contributed by atoms with E-state index in [4.69, 9.17) is 14.6 Å². The number of hydrogen-bond donors (Lipinski definition) is 1. The van der Waals surface area contributed by atoms with Gasteiger partial charge in [-0.25, -0.2) is 0 Å². The van der Waals surface area contributed by atoms with Crippen LogP contribution in [0.2, 0.25) is 0 Å². The van der Waals surface area contributed by atoms with E-state index >= 15 is 0 Å². The molecule has 198 valence electrons. The van der Waals surface area contributed by atoms with E-state index < -0.39 is 17.7 Å². The van der Waals surface area contributed by atoms with E-state index in [1.165, 1.54) is 13.0 Å². The molecule has 1 unspecified atom stereocenters. The predicted molar refractivity (Wildman–Crippen MR) is 128 cm³/mol. The van der Waals surface area contributed by atoms with Gasteiger partial charge in [-0.2, -0.15) is 13.2 Å². The second-order valence-electron chi connectivity index (χ2n) is 9.89. The van der Waals surface area contributed by atoms with Crippen LogP contribution in [0, 0.1) is 0 Å². The monoisotopic (exact) mass is 518 g/mol. The molecule has 0 bridgehead atoms. The Kier molecular flexibility index (Phi) is 6.78. The summed E-state index contributed by atoms with van der Waals surface area (Å²) >= 11 is 0. The second-order valence-corrected chi connectivity index (χ2v) is 9.89. The number of fused-ring (bicyclic) bond motifs is 2. The number of alkyl halides is 3. The first-order chi connectivity index (χ1) is 17.6. The Balaban J connectivity index is 1.36. The van der Waals surface area contributed by atoms with Crippen LogP contribution in [0.15, 0.2) is 30.3 Å². The number of amides is 1. The first kappa shape index (κ1) is 25.4. The quantitative estimate of drug-likeness (QED) is 0.611. The van der Waals surface area contributed by atoms with Crippen LogP contribution in [0.5, 0.6) is 11.5 Å². The van der Waals surface area contributed by atoms with Crippen LogP contribution in [0.25, 0.3) is 0 Å². The Morgan fingerprint density at radius 2 is 1.84 bits per heavy atom. The second kappa shape index (κ2) is 9.89. The molecule has 2 aromatic rings. The molecule has 1 N–H and O–H groups in total. The molecule has 1 saturated heterocycles. The van der Waals surface area contributed by atoms with Crippen molar-refractivity contribution >= 4 is 11.9 Å². The number of ether oxygens (including phenoxy) is 2. The largest absolute Gasteiger partial charge is 0.492 e. The van der Waals surface area contributed by atoms with Crippen molar-refractivity contribution < 1.29 is 37.3 Å². The molecule has 1 amide bonds. The molecule has 2 atom stereocenters. The van der Waals surface area contributed by atoms with Crippen LogP contribution in [0.4, 0.5) is 13.2 Å². The summed E-state index contributed by atoms with van der Waals surface area (Å²) in [5, 5.41) is 9.10. The zero-order valence-corrected chi connectivity index (χ0v) is 20.5. The van der Waals surface area contributed by atoms with Crippen LogP contribution >= 0.6 is 0 Å². The number of halogens is 3. The van der Waals surface area contributed by atoms with Gasteiger partial charge in [0.05, 0.1) is 18.6 Å². The molecule has 7 nitrogen and oxygen atoms in total. The molecular formula is C27H29F3N2O5. The number of rotatable bonds is 6. The van der Waals surface area contributed by atoms with E-state index in [1.807, 2.05) is 4.90 Å². The summed E-state index contributed by atoms with van der Waals surface area (Å²) in [6, 6.07) is 7.98. The molecule has 37 heavy (non-hydrogen) atoms. The summed E-state index contributed by atoms with van der Waals surface area (Å²) in [6.45, 7) is 4.03. The number of nitrogens with zero attached hydrogens (tertiary/aromatic N) is 2. The highest BCUT2D eigenvalue weighted by Gasteiger charge is 2.38. The molecule has 3 aliphatic rings. The van der Waals surface area contributed by atoms with Crippen LogP contribution in [-0.4, -0.2) is 59.6 Å². The molecular weight excluding hydrogens is 489 g/mol. The first-order valence-corrected chi connectivity index (χ1v) is 12.4. The van der Waals surface area contributed by atoms with Crippen molar-refractivity contribution in [2.75, 3.05) is 32.8 Å². The third-order valence-electron chi connectivity index (χ3n) is 7.54. The fourth-order valence-electron chi connectivity index (χ4n) is 5.63. The van der Waals surface area contributed by atoms with Crippen molar-refractivity contribution in [3.63, 3.8) is 0 Å². The molecule has 0 aromatic heterocycles. The van der Waals surface area contributed by atoms with Gasteiger partial charge in [-0.3, -0.25) is 14.5 Å². The number of hydrogen-bond acceptors (Lipinski definition) is 5. The lowest BCUT2D eigenvalue weighted by Crippen LogP contribution is -2.47. The maximum Gasteiger partial charge on any atom is 0.416 e. The number of carbonyl (C=O) groups is 2. The van der Waals surface area contributed by atoms with Crippen molar-refractivity contribution in [3.8, 4) is 11.5 Å². The Labute approximate surface area is 212 Å². The lowest BCUT2D eigenvalue weighted by molar-refractivity contribution is -0.139. The molecule has 2 heterocycles. The van der Waals surface area contributed by atoms with Gasteiger partial charge in [0.2, 0.25) is 5.91 Å². The fraction of sp³-hybridized carbons (Fsp3) is 0.481. The van der Waals surface area contributed by atoms with Gasteiger partial charge in [0, 0.05) is 57.2 Å². The van der Waals surface area contributed by atoms with Gasteiger partial charge < -0.3 is 19.5 Å². The van der Waals surface area contributed by atoms with Crippen molar-refractivity contribution in [3.05, 3.63) is 58.1 Å². The number of carboxylic acids is 1. The topological polar surface area (TPSA) is 79.3 Å². The third kappa shape index (κ3) is 5.25. The zero-order chi connectivity index (χ0) is 26.3. The highest BCUT2D eigenvalue weighted by atomic mass is 19.4. The summed E-state index contributed by atoms with van der Waals surface area (Å²) in [7, 11) is 0. The van der Waals surface area contributed by atoms with E-state index in [1.54, 1.807) is 23.1 Å². The molecule has 0 radical (unpaired) electrons. The van der Waals surface area contributed by atoms with Gasteiger partial charge in [-0.1, -0.05) is 12.1 Å². The molecule has 1 fully saturated rings. The van der Waals surface area contributed by atoms with E-state index in [0.717, 1.165) is 17.2 Å². The average molecular weight is 519 g/mol. The molecule has 0 spiro atoms. The summed E-state index contributed by atoms with van der Waals surface area (Å²) in [4.78, 5) is 26.4. The Morgan fingerprint density at radius 3 is 2.51 bits per heavy atom. The molecule has 10 heteroatoms. The summed E-state index contributed by atoms with van der Waals surface area (Å²) in [5.41, 5.74) is 1.95. The van der Waals surface area contributed by atoms with Crippen LogP contribution in [0.3, 0.4) is 0 Å². The van der Waals surface area contributed by atoms with Gasteiger partial charge in [0.15, 0.2) is 0 Å². The summed E-state index contributed by atoms with van der Waals surface area (Å²) in [6.07, 6.45) is -3.83. The summed E-state index contributed by atoms with van der Waals surface area (Å²) < 4.78 is 53.8. The Morgan fingerprint density at radius 1 is 1.11 bits per heavy atom. The smallest absolute Gasteiger partial charge is 0.416 e. The lowest BCUT2D eigenvalue weighted by atomic mass is 9.96. The first-order valence-electron chi connectivity index (χ1n) is 12.4. The highest BCUT2D eigenvalue weighted by Crippen LogP contribution is 2.44. The van der Waals surface area contributed by atoms with Gasteiger partial charge in [-0.05, 0) is 41.7 Å². The van der Waals surface area contributed by atoms with Gasteiger partial charge in [0.1, 0.15) is 17.6 Å². The minimum atomic E-state index is -4.46. The number of carbonyl (C=O) groups excluding carboxylic acids is 1. The predicted octanol–water partition coefficient (Wildman–Crippen LogP) is 4.39. The summed E-state index contributed by atoms with van der Waals surface area (Å²) in [5.74, 6) is -0.00624. The SMILES string of the molecule is CC(=O)N1CCN(Cc2c(C(F)(F)F)ccc3c2CC[C@H]3Oc2ccc3c(c2)OCC3CC(=O)O)CC1. The number of piperazine rings is 1. The van der Waals surface area contributed by atoms with Gasteiger partial charge >= 0.3 is 12.1 Å². The van der Waals surface area contributed by atoms with E-state index in [2.05, 4.69) is 0 Å². The zero-order valence-electron chi connectivity index (χ0n) is 20.5. The molecule has 5 rings (SSSR count). The van der Waals surface area contributed by atoms with Crippen molar-refractivity contribution in [2.45, 2.75) is 50.9 Å². The lowest BCUT2D eigenvalue weighted by Gasteiger charge is -2.35. The molecule has 0 saturated carbocycles. The minimum absolute atomic E-state index is 0.0165. The van der Waals surface area contributed by atoms with Crippen LogP contribution < -0.4 is 9.47 Å².